The first-order valence-electron chi connectivity index (χ1n) is 7.94. The van der Waals surface area contributed by atoms with Crippen LogP contribution in [0.3, 0.4) is 0 Å². The number of aromatic nitrogens is 5. The first-order chi connectivity index (χ1) is 12.7. The lowest BCUT2D eigenvalue weighted by Crippen LogP contribution is -2.30. The highest BCUT2D eigenvalue weighted by atomic mass is 16.5. The van der Waals surface area contributed by atoms with Gasteiger partial charge in [-0.15, -0.1) is 5.10 Å². The Morgan fingerprint density at radius 3 is 2.77 bits per heavy atom. The molecule has 0 saturated heterocycles. The van der Waals surface area contributed by atoms with E-state index < -0.39 is 0 Å². The van der Waals surface area contributed by atoms with Crippen molar-refractivity contribution in [2.75, 3.05) is 26.0 Å². The quantitative estimate of drug-likeness (QED) is 0.680. The lowest BCUT2D eigenvalue weighted by atomic mass is 10.2. The molecule has 134 valence electrons. The predicted octanol–water partition coefficient (Wildman–Crippen LogP) is 1.14. The Bertz CT molecular complexity index is 853. The molecule has 0 aliphatic rings. The molecule has 0 unspecified atom stereocenters. The second-order valence-electron chi connectivity index (χ2n) is 5.71. The molecule has 9 heteroatoms. The third kappa shape index (κ3) is 4.39. The zero-order valence-electron chi connectivity index (χ0n) is 14.5. The van der Waals surface area contributed by atoms with Crippen LogP contribution in [0.5, 0.6) is 5.75 Å². The van der Waals surface area contributed by atoms with Gasteiger partial charge >= 0.3 is 0 Å². The Balaban J connectivity index is 1.63. The van der Waals surface area contributed by atoms with Gasteiger partial charge in [-0.25, -0.2) is 4.68 Å². The first-order valence-corrected chi connectivity index (χ1v) is 7.94. The van der Waals surface area contributed by atoms with Crippen LogP contribution in [0.1, 0.15) is 5.56 Å². The third-order valence-electron chi connectivity index (χ3n) is 3.69. The Morgan fingerprint density at radius 2 is 2.08 bits per heavy atom. The Morgan fingerprint density at radius 1 is 1.27 bits per heavy atom. The van der Waals surface area contributed by atoms with E-state index in [2.05, 4.69) is 25.8 Å². The average Bonchev–Trinajstić information content (AvgIpc) is 3.17. The van der Waals surface area contributed by atoms with E-state index in [4.69, 9.17) is 4.74 Å². The zero-order chi connectivity index (χ0) is 18.4. The number of nitrogens with one attached hydrogen (secondary N) is 1. The standard InChI is InChI=1S/C17H19N7O2/c1-23(10-13-5-7-18-8-6-13)11-17(25)20-15-4-3-14(9-16(15)26-2)24-12-19-21-22-24/h3-9,12H,10-11H2,1-2H3,(H,20,25). The van der Waals surface area contributed by atoms with Gasteiger partial charge < -0.3 is 10.1 Å². The van der Waals surface area contributed by atoms with Crippen LogP contribution >= 0.6 is 0 Å². The van der Waals surface area contributed by atoms with E-state index in [1.807, 2.05) is 24.1 Å². The summed E-state index contributed by atoms with van der Waals surface area (Å²) < 4.78 is 6.88. The summed E-state index contributed by atoms with van der Waals surface area (Å²) in [5.74, 6) is 0.401. The molecule has 0 spiro atoms. The van der Waals surface area contributed by atoms with Gasteiger partial charge in [-0.1, -0.05) is 0 Å². The highest BCUT2D eigenvalue weighted by Crippen LogP contribution is 2.26. The zero-order valence-corrected chi connectivity index (χ0v) is 14.5. The third-order valence-corrected chi connectivity index (χ3v) is 3.69. The topological polar surface area (TPSA) is 98.1 Å². The molecular formula is C17H19N7O2. The summed E-state index contributed by atoms with van der Waals surface area (Å²) in [6, 6.07) is 9.17. The highest BCUT2D eigenvalue weighted by molar-refractivity contribution is 5.93. The molecule has 0 atom stereocenters. The maximum Gasteiger partial charge on any atom is 0.238 e. The van der Waals surface area contributed by atoms with E-state index in [1.165, 1.54) is 11.0 Å². The van der Waals surface area contributed by atoms with E-state index >= 15 is 0 Å². The summed E-state index contributed by atoms with van der Waals surface area (Å²) in [5, 5.41) is 13.9. The van der Waals surface area contributed by atoms with Crippen LogP contribution in [0, 0.1) is 0 Å². The molecule has 1 N–H and O–H groups in total. The van der Waals surface area contributed by atoms with Crippen molar-refractivity contribution in [2.24, 2.45) is 0 Å². The van der Waals surface area contributed by atoms with Crippen LogP contribution in [0.2, 0.25) is 0 Å². The van der Waals surface area contributed by atoms with Gasteiger partial charge in [0.05, 0.1) is 25.0 Å². The molecule has 0 aliphatic carbocycles. The smallest absolute Gasteiger partial charge is 0.238 e. The molecule has 0 radical (unpaired) electrons. The number of tetrazole rings is 1. The molecule has 2 heterocycles. The molecular weight excluding hydrogens is 334 g/mol. The van der Waals surface area contributed by atoms with Gasteiger partial charge in [-0.3, -0.25) is 14.7 Å². The van der Waals surface area contributed by atoms with Crippen molar-refractivity contribution in [3.8, 4) is 11.4 Å². The molecule has 0 saturated carbocycles. The van der Waals surface area contributed by atoms with Gasteiger partial charge in [-0.2, -0.15) is 0 Å². The number of pyridine rings is 1. The second kappa shape index (κ2) is 8.17. The van der Waals surface area contributed by atoms with E-state index in [9.17, 15) is 4.79 Å². The van der Waals surface area contributed by atoms with Gasteiger partial charge in [0.15, 0.2) is 0 Å². The van der Waals surface area contributed by atoms with Crippen LogP contribution in [-0.4, -0.2) is 56.7 Å². The van der Waals surface area contributed by atoms with E-state index in [0.29, 0.717) is 18.0 Å². The minimum Gasteiger partial charge on any atom is -0.494 e. The van der Waals surface area contributed by atoms with Crippen LogP contribution < -0.4 is 10.1 Å². The molecule has 9 nitrogen and oxygen atoms in total. The monoisotopic (exact) mass is 353 g/mol. The fourth-order valence-corrected chi connectivity index (χ4v) is 2.50. The first kappa shape index (κ1) is 17.5. The maximum absolute atomic E-state index is 12.3. The lowest BCUT2D eigenvalue weighted by molar-refractivity contribution is -0.117. The fourth-order valence-electron chi connectivity index (χ4n) is 2.50. The van der Waals surface area contributed by atoms with Crippen molar-refractivity contribution >= 4 is 11.6 Å². The van der Waals surface area contributed by atoms with E-state index in [-0.39, 0.29) is 12.5 Å². The summed E-state index contributed by atoms with van der Waals surface area (Å²) in [4.78, 5) is 18.2. The second-order valence-corrected chi connectivity index (χ2v) is 5.71. The van der Waals surface area contributed by atoms with Crippen molar-refractivity contribution < 1.29 is 9.53 Å². The molecule has 1 amide bonds. The largest absolute Gasteiger partial charge is 0.494 e. The molecule has 3 aromatic rings. The number of rotatable bonds is 7. The molecule has 0 aliphatic heterocycles. The number of benzene rings is 1. The number of carbonyl (C=O) groups is 1. The van der Waals surface area contributed by atoms with E-state index in [1.54, 1.807) is 37.7 Å². The molecule has 0 bridgehead atoms. The Hall–Kier alpha value is -3.33. The summed E-state index contributed by atoms with van der Waals surface area (Å²) >= 11 is 0. The van der Waals surface area contributed by atoms with Crippen LogP contribution in [-0.2, 0) is 11.3 Å². The lowest BCUT2D eigenvalue weighted by Gasteiger charge is -2.17. The van der Waals surface area contributed by atoms with Crippen LogP contribution in [0.15, 0.2) is 49.1 Å². The Kier molecular flexibility index (Phi) is 5.49. The number of hydrogen-bond donors (Lipinski definition) is 1. The molecule has 2 aromatic heterocycles. The van der Waals surface area contributed by atoms with Crippen molar-refractivity contribution in [2.45, 2.75) is 6.54 Å². The van der Waals surface area contributed by atoms with Gasteiger partial charge in [0, 0.05) is 25.0 Å². The minimum absolute atomic E-state index is 0.130. The predicted molar refractivity (Wildman–Crippen MR) is 94.9 cm³/mol. The normalized spacial score (nSPS) is 10.7. The van der Waals surface area contributed by atoms with E-state index in [0.717, 1.165) is 11.3 Å². The van der Waals surface area contributed by atoms with Crippen molar-refractivity contribution in [3.05, 3.63) is 54.6 Å². The number of ether oxygens (including phenoxy) is 1. The fraction of sp³-hybridized carbons (Fsp3) is 0.235. The number of nitrogens with zero attached hydrogens (tertiary/aromatic N) is 6. The molecule has 1 aromatic carbocycles. The van der Waals surface area contributed by atoms with Gasteiger partial charge in [0.2, 0.25) is 5.91 Å². The van der Waals surface area contributed by atoms with Crippen molar-refractivity contribution in [3.63, 3.8) is 0 Å². The number of hydrogen-bond acceptors (Lipinski definition) is 7. The summed E-state index contributed by atoms with van der Waals surface area (Å²) in [6.07, 6.45) is 4.96. The highest BCUT2D eigenvalue weighted by Gasteiger charge is 2.12. The average molecular weight is 353 g/mol. The summed E-state index contributed by atoms with van der Waals surface area (Å²) in [5.41, 5.74) is 2.42. The number of likely N-dealkylation sites (N-methyl/N-ethyl adjacent to an activating group) is 1. The SMILES string of the molecule is COc1cc(-n2cnnn2)ccc1NC(=O)CN(C)Cc1ccncc1. The molecule has 26 heavy (non-hydrogen) atoms. The summed E-state index contributed by atoms with van der Waals surface area (Å²) in [7, 11) is 3.43. The molecule has 3 rings (SSSR count). The maximum atomic E-state index is 12.3. The number of methoxy groups -OCH3 is 1. The summed E-state index contributed by atoms with van der Waals surface area (Å²) in [6.45, 7) is 0.908. The van der Waals surface area contributed by atoms with Gasteiger partial charge in [0.1, 0.15) is 12.1 Å². The van der Waals surface area contributed by atoms with Crippen molar-refractivity contribution in [1.29, 1.82) is 0 Å². The number of amides is 1. The number of anilines is 1. The Labute approximate surface area is 150 Å². The van der Waals surface area contributed by atoms with Gasteiger partial charge in [0.25, 0.3) is 0 Å². The van der Waals surface area contributed by atoms with Crippen LogP contribution in [0.4, 0.5) is 5.69 Å². The van der Waals surface area contributed by atoms with Crippen molar-refractivity contribution in [1.82, 2.24) is 30.1 Å². The molecule has 0 fully saturated rings. The van der Waals surface area contributed by atoms with Gasteiger partial charge in [-0.05, 0) is 47.3 Å². The van der Waals surface area contributed by atoms with Crippen LogP contribution in [0.25, 0.3) is 5.69 Å². The number of carbonyl (C=O) groups excluding carboxylic acids is 1. The minimum atomic E-state index is -0.130.